The molecule has 0 heterocycles. The summed E-state index contributed by atoms with van der Waals surface area (Å²) in [6.07, 6.45) is 16.5. The van der Waals surface area contributed by atoms with E-state index in [1.54, 1.807) is 11.8 Å². The minimum Gasteiger partial charge on any atom is -0.467 e. The second-order valence-corrected chi connectivity index (χ2v) is 9.99. The predicted octanol–water partition coefficient (Wildman–Crippen LogP) is 6.38. The number of amides is 1. The Kier molecular flexibility index (Phi) is 14.4. The van der Waals surface area contributed by atoms with Crippen LogP contribution in [0.15, 0.2) is 34.9 Å². The zero-order valence-electron chi connectivity index (χ0n) is 20.3. The van der Waals surface area contributed by atoms with Crippen molar-refractivity contribution in [3.8, 4) is 0 Å². The van der Waals surface area contributed by atoms with Crippen molar-refractivity contribution in [3.63, 3.8) is 0 Å². The van der Waals surface area contributed by atoms with E-state index in [4.69, 9.17) is 4.74 Å². The van der Waals surface area contributed by atoms with Crippen LogP contribution >= 0.6 is 11.8 Å². The first-order valence-corrected chi connectivity index (χ1v) is 12.9. The van der Waals surface area contributed by atoms with Gasteiger partial charge in [-0.1, -0.05) is 54.2 Å². The van der Waals surface area contributed by atoms with Gasteiger partial charge in [0.15, 0.2) is 0 Å². The lowest BCUT2D eigenvalue weighted by Crippen LogP contribution is -2.46. The van der Waals surface area contributed by atoms with Gasteiger partial charge in [0.05, 0.1) is 7.11 Å². The number of esters is 1. The van der Waals surface area contributed by atoms with E-state index in [-0.39, 0.29) is 17.8 Å². The van der Waals surface area contributed by atoms with E-state index in [2.05, 4.69) is 51.2 Å². The molecule has 31 heavy (non-hydrogen) atoms. The molecule has 0 radical (unpaired) electrons. The number of nitrogens with one attached hydrogen (secondary N) is 1. The fourth-order valence-corrected chi connectivity index (χ4v) is 4.68. The van der Waals surface area contributed by atoms with Crippen LogP contribution in [-0.2, 0) is 14.3 Å². The van der Waals surface area contributed by atoms with Gasteiger partial charge in [-0.3, -0.25) is 4.79 Å². The first-order valence-electron chi connectivity index (χ1n) is 11.7. The molecule has 0 saturated heterocycles. The summed E-state index contributed by atoms with van der Waals surface area (Å²) < 4.78 is 4.90. The lowest BCUT2D eigenvalue weighted by molar-refractivity contribution is -0.145. The molecule has 1 aliphatic rings. The van der Waals surface area contributed by atoms with Gasteiger partial charge in [0.2, 0.25) is 5.91 Å². The fourth-order valence-electron chi connectivity index (χ4n) is 3.69. The van der Waals surface area contributed by atoms with E-state index in [0.717, 1.165) is 57.1 Å². The number of hydrogen-bond acceptors (Lipinski definition) is 4. The molecule has 4 nitrogen and oxygen atoms in total. The van der Waals surface area contributed by atoms with Gasteiger partial charge in [-0.15, -0.1) is 0 Å². The summed E-state index contributed by atoms with van der Waals surface area (Å²) >= 11 is 1.66. The van der Waals surface area contributed by atoms with Crippen LogP contribution in [0.5, 0.6) is 0 Å². The molecule has 1 rings (SSSR count). The van der Waals surface area contributed by atoms with E-state index < -0.39 is 6.04 Å². The average molecular weight is 450 g/mol. The monoisotopic (exact) mass is 449 g/mol. The molecule has 1 N–H and O–H groups in total. The van der Waals surface area contributed by atoms with Crippen molar-refractivity contribution in [1.29, 1.82) is 0 Å². The molecular weight excluding hydrogens is 406 g/mol. The van der Waals surface area contributed by atoms with Crippen LogP contribution in [0.2, 0.25) is 0 Å². The minimum absolute atomic E-state index is 0.00849. The van der Waals surface area contributed by atoms with Crippen LogP contribution in [0.1, 0.15) is 85.5 Å². The van der Waals surface area contributed by atoms with Gasteiger partial charge in [-0.05, 0) is 66.2 Å². The number of ether oxygens (including phenoxy) is 1. The molecule has 0 aliphatic heterocycles. The summed E-state index contributed by atoms with van der Waals surface area (Å²) in [5.41, 5.74) is 4.20. The predicted molar refractivity (Wildman–Crippen MR) is 133 cm³/mol. The summed E-state index contributed by atoms with van der Waals surface area (Å²) in [6, 6.07) is -0.565. The van der Waals surface area contributed by atoms with Gasteiger partial charge >= 0.3 is 5.97 Å². The number of carbonyl (C=O) groups is 2. The van der Waals surface area contributed by atoms with Crippen molar-refractivity contribution in [1.82, 2.24) is 5.32 Å². The molecule has 1 fully saturated rings. The van der Waals surface area contributed by atoms with Gasteiger partial charge in [-0.2, -0.15) is 11.8 Å². The molecule has 0 spiro atoms. The maximum Gasteiger partial charge on any atom is 0.329 e. The van der Waals surface area contributed by atoms with E-state index in [1.165, 1.54) is 30.2 Å². The van der Waals surface area contributed by atoms with Gasteiger partial charge in [0.25, 0.3) is 0 Å². The van der Waals surface area contributed by atoms with Crippen molar-refractivity contribution < 1.29 is 14.3 Å². The van der Waals surface area contributed by atoms with E-state index in [0.29, 0.717) is 5.75 Å². The van der Waals surface area contributed by atoms with Crippen LogP contribution in [-0.4, -0.2) is 36.5 Å². The topological polar surface area (TPSA) is 55.4 Å². The van der Waals surface area contributed by atoms with Crippen LogP contribution in [0.25, 0.3) is 0 Å². The average Bonchev–Trinajstić information content (AvgIpc) is 2.75. The third-order valence-corrected chi connectivity index (χ3v) is 6.71. The maximum absolute atomic E-state index is 12.5. The van der Waals surface area contributed by atoms with E-state index in [1.807, 2.05) is 0 Å². The van der Waals surface area contributed by atoms with Crippen molar-refractivity contribution in [2.24, 2.45) is 5.92 Å². The SMILES string of the molecule is COC(=O)[C@H](CSC/C=C(\C)CC/C=C(\C)CCC=C(C)C)NC(=O)C1CCCCC1. The zero-order valence-corrected chi connectivity index (χ0v) is 21.1. The van der Waals surface area contributed by atoms with Crippen molar-refractivity contribution in [2.75, 3.05) is 18.6 Å². The molecule has 0 aromatic rings. The Morgan fingerprint density at radius 3 is 2.19 bits per heavy atom. The molecule has 0 bridgehead atoms. The Morgan fingerprint density at radius 1 is 0.968 bits per heavy atom. The van der Waals surface area contributed by atoms with Crippen molar-refractivity contribution in [3.05, 3.63) is 34.9 Å². The first kappa shape index (κ1) is 27.5. The van der Waals surface area contributed by atoms with Crippen molar-refractivity contribution in [2.45, 2.75) is 91.5 Å². The highest BCUT2D eigenvalue weighted by Crippen LogP contribution is 2.24. The zero-order chi connectivity index (χ0) is 23.1. The van der Waals surface area contributed by atoms with E-state index >= 15 is 0 Å². The van der Waals surface area contributed by atoms with E-state index in [9.17, 15) is 9.59 Å². The lowest BCUT2D eigenvalue weighted by Gasteiger charge is -2.23. The van der Waals surface area contributed by atoms with Crippen LogP contribution < -0.4 is 5.32 Å². The summed E-state index contributed by atoms with van der Waals surface area (Å²) in [7, 11) is 1.38. The normalized spacial score (nSPS) is 16.5. The standard InChI is InChI=1S/C26H43NO3S/c1-20(2)11-9-12-21(3)13-10-14-22(4)17-18-31-19-24(26(29)30-5)27-25(28)23-15-7-6-8-16-23/h11,13,17,23-24H,6-10,12,14-16,18-19H2,1-5H3,(H,27,28)/b21-13+,22-17+/t24-/m0/s1. The Balaban J connectivity index is 2.36. The molecule has 0 aromatic heterocycles. The van der Waals surface area contributed by atoms with Gasteiger partial charge in [-0.25, -0.2) is 4.79 Å². The molecule has 1 atom stereocenters. The Labute approximate surface area is 194 Å². The highest BCUT2D eigenvalue weighted by Gasteiger charge is 2.27. The Bertz CT molecular complexity index is 641. The summed E-state index contributed by atoms with van der Waals surface area (Å²) in [6.45, 7) is 8.66. The number of carbonyl (C=O) groups excluding carboxylic acids is 2. The second kappa shape index (κ2) is 16.2. The highest BCUT2D eigenvalue weighted by molar-refractivity contribution is 7.99. The third-order valence-electron chi connectivity index (χ3n) is 5.74. The minimum atomic E-state index is -0.565. The molecule has 0 unspecified atom stereocenters. The molecule has 5 heteroatoms. The molecule has 1 amide bonds. The number of methoxy groups -OCH3 is 1. The first-order chi connectivity index (χ1) is 14.8. The van der Waals surface area contributed by atoms with Crippen LogP contribution in [0, 0.1) is 5.92 Å². The number of thioether (sulfide) groups is 1. The second-order valence-electron chi connectivity index (χ2n) is 8.92. The number of hydrogen-bond donors (Lipinski definition) is 1. The fraction of sp³-hybridized carbons (Fsp3) is 0.692. The summed E-state index contributed by atoms with van der Waals surface area (Å²) in [4.78, 5) is 24.6. The Morgan fingerprint density at radius 2 is 1.58 bits per heavy atom. The van der Waals surface area contributed by atoms with Crippen LogP contribution in [0.4, 0.5) is 0 Å². The third kappa shape index (κ3) is 12.8. The lowest BCUT2D eigenvalue weighted by atomic mass is 9.88. The molecular formula is C26H43NO3S. The van der Waals surface area contributed by atoms with Gasteiger partial charge < -0.3 is 10.1 Å². The number of rotatable bonds is 13. The molecule has 1 saturated carbocycles. The summed E-state index contributed by atoms with van der Waals surface area (Å²) in [5.74, 6) is 1.08. The van der Waals surface area contributed by atoms with Gasteiger partial charge in [0.1, 0.15) is 6.04 Å². The van der Waals surface area contributed by atoms with Crippen molar-refractivity contribution >= 4 is 23.6 Å². The highest BCUT2D eigenvalue weighted by atomic mass is 32.2. The largest absolute Gasteiger partial charge is 0.467 e. The summed E-state index contributed by atoms with van der Waals surface area (Å²) in [5, 5.41) is 2.93. The molecule has 1 aliphatic carbocycles. The molecule has 176 valence electrons. The quantitative estimate of drug-likeness (QED) is 0.201. The smallest absolute Gasteiger partial charge is 0.329 e. The number of allylic oxidation sites excluding steroid dienone is 5. The van der Waals surface area contributed by atoms with Crippen LogP contribution in [0.3, 0.4) is 0 Å². The molecule has 0 aromatic carbocycles. The maximum atomic E-state index is 12.5. The Hall–Kier alpha value is -1.49. The van der Waals surface area contributed by atoms with Gasteiger partial charge in [0, 0.05) is 17.4 Å².